The van der Waals surface area contributed by atoms with Crippen LogP contribution in [0.15, 0.2) is 41.5 Å². The zero-order valence-electron chi connectivity index (χ0n) is 22.4. The second kappa shape index (κ2) is 16.2. The molecule has 0 bridgehead atoms. The predicted octanol–water partition coefficient (Wildman–Crippen LogP) is 3.66. The molecule has 1 aromatic carbocycles. The van der Waals surface area contributed by atoms with Crippen LogP contribution < -0.4 is 16.0 Å². The molecule has 1 saturated heterocycles. The summed E-state index contributed by atoms with van der Waals surface area (Å²) < 4.78 is 20.0. The van der Waals surface area contributed by atoms with Gasteiger partial charge >= 0.3 is 0 Å². The number of rotatable bonds is 6. The summed E-state index contributed by atoms with van der Waals surface area (Å²) in [5, 5.41) is 10.8. The molecule has 1 fully saturated rings. The topological polar surface area (TPSA) is 130 Å². The van der Waals surface area contributed by atoms with E-state index < -0.39 is 5.82 Å². The SMILES string of the molecule is CC.CC(=N)/C(=C\C(N)=Nc1nc(N2CC(C)OC(C)C2)ncc1F)c1ccc([C-]=O)cc1.CNC.[Fm]. The smallest absolute Gasteiger partial charge is 0.227 e. The number of hydrogen-bond donors (Lipinski definition) is 3. The Bertz CT molecular complexity index is 1050. The van der Waals surface area contributed by atoms with E-state index in [9.17, 15) is 9.18 Å². The number of anilines is 1. The molecular weight excluding hydrogens is 718 g/mol. The molecule has 2 aromatic rings. The zero-order valence-corrected chi connectivity index (χ0v) is 24.8. The Morgan fingerprint density at radius 3 is 2.27 bits per heavy atom. The van der Waals surface area contributed by atoms with E-state index in [0.29, 0.717) is 35.7 Å². The van der Waals surface area contributed by atoms with Gasteiger partial charge in [-0.25, -0.2) is 14.4 Å². The largest absolute Gasteiger partial charge is 0.384 e. The molecule has 208 valence electrons. The van der Waals surface area contributed by atoms with Crippen molar-refractivity contribution in [2.45, 2.75) is 46.8 Å². The number of nitrogens with two attached hydrogens (primary N) is 1. The van der Waals surface area contributed by atoms with E-state index in [1.807, 2.05) is 46.7 Å². The summed E-state index contributed by atoms with van der Waals surface area (Å²) in [6.45, 7) is 10.7. The second-order valence-electron chi connectivity index (χ2n) is 7.90. The number of hydrogen-bond acceptors (Lipinski definition) is 8. The van der Waals surface area contributed by atoms with E-state index in [1.165, 1.54) is 6.08 Å². The third-order valence-corrected chi connectivity index (χ3v) is 4.66. The van der Waals surface area contributed by atoms with Gasteiger partial charge in [-0.1, -0.05) is 13.8 Å². The molecule has 4 N–H and O–H groups in total. The number of nitrogens with zero attached hydrogens (tertiary/aromatic N) is 4. The van der Waals surface area contributed by atoms with Crippen LogP contribution in [-0.2, 0) is 9.53 Å². The first-order valence-electron chi connectivity index (χ1n) is 11.8. The normalized spacial score (nSPS) is 17.4. The van der Waals surface area contributed by atoms with Crippen LogP contribution in [0.2, 0.25) is 0 Å². The average Bonchev–Trinajstić information content (AvgIpc) is 2.85. The van der Waals surface area contributed by atoms with Gasteiger partial charge < -0.3 is 30.9 Å². The first kappa shape index (κ1) is 32.5. The molecule has 2 unspecified atom stereocenters. The van der Waals surface area contributed by atoms with Gasteiger partial charge in [-0.05, 0) is 46.5 Å². The van der Waals surface area contributed by atoms with E-state index in [2.05, 4.69) is 20.3 Å². The molecule has 3 rings (SSSR count). The van der Waals surface area contributed by atoms with Gasteiger partial charge in [-0.15, -0.1) is 12.1 Å². The van der Waals surface area contributed by atoms with Gasteiger partial charge in [0.25, 0.3) is 0 Å². The Morgan fingerprint density at radius 2 is 1.78 bits per heavy atom. The molecule has 1 aromatic heterocycles. The van der Waals surface area contributed by atoms with Crippen LogP contribution in [-0.4, -0.2) is 67.2 Å². The maximum absolute atomic E-state index is 14.3. The van der Waals surface area contributed by atoms with Crippen LogP contribution >= 0.6 is 0 Å². The molecule has 0 saturated carbocycles. The van der Waals surface area contributed by atoms with Gasteiger partial charge in [0, 0.05) is 24.4 Å². The van der Waals surface area contributed by atoms with Crippen molar-refractivity contribution in [2.75, 3.05) is 32.1 Å². The minimum absolute atomic E-state index is 0. The number of amidine groups is 1. The second-order valence-corrected chi connectivity index (χ2v) is 7.90. The Labute approximate surface area is 213 Å². The van der Waals surface area contributed by atoms with Crippen molar-refractivity contribution < 1.29 is 13.9 Å². The Hall–Kier alpha value is -4.50. The van der Waals surface area contributed by atoms with Crippen molar-refractivity contribution in [3.05, 3.63) is 53.5 Å². The number of carbonyl (C=O) groups excluding carboxylic acids is 1. The first-order chi connectivity index (χ1) is 17.2. The van der Waals surface area contributed by atoms with Crippen molar-refractivity contribution in [3.8, 4) is 0 Å². The number of aromatic nitrogens is 2. The molecule has 0 spiro atoms. The Balaban J connectivity index is 0.00000201. The molecule has 11 heteroatoms. The molecule has 37 heavy (non-hydrogen) atoms. The van der Waals surface area contributed by atoms with Gasteiger partial charge in [0.15, 0.2) is 11.6 Å². The van der Waals surface area contributed by atoms with E-state index >= 15 is 0 Å². The van der Waals surface area contributed by atoms with Crippen LogP contribution in [0.3, 0.4) is 0 Å². The quantitative estimate of drug-likeness (QED) is 0.233. The van der Waals surface area contributed by atoms with Crippen molar-refractivity contribution >= 4 is 35.2 Å². The predicted molar refractivity (Wildman–Crippen MR) is 144 cm³/mol. The molecule has 0 radical (unpaired) electrons. The number of morpholine rings is 1. The van der Waals surface area contributed by atoms with Gasteiger partial charge in [-0.2, -0.15) is 22.7 Å². The molecule has 9 nitrogen and oxygen atoms in total. The maximum Gasteiger partial charge on any atom is 0.227 e. The molecule has 2 atom stereocenters. The third kappa shape index (κ3) is 9.95. The minimum Gasteiger partial charge on any atom is -0.384 e. The molecular formula is C26H37FFmN7O2-. The van der Waals surface area contributed by atoms with Crippen LogP contribution in [0.25, 0.3) is 5.57 Å². The number of ether oxygens (including phenoxy) is 1. The van der Waals surface area contributed by atoms with Crippen LogP contribution in [0.1, 0.15) is 45.7 Å². The number of nitrogens with one attached hydrogen (secondary N) is 2. The minimum atomic E-state index is -0.701. The maximum atomic E-state index is 14.3. The molecule has 2 heterocycles. The Morgan fingerprint density at radius 1 is 1.24 bits per heavy atom. The van der Waals surface area contributed by atoms with Gasteiger partial charge in [-0.3, -0.25) is 0 Å². The number of aliphatic imine (C=N–C) groups is 1. The number of benzene rings is 1. The van der Waals surface area contributed by atoms with Gasteiger partial charge in [0.05, 0.1) is 24.7 Å². The van der Waals surface area contributed by atoms with E-state index in [4.69, 9.17) is 15.9 Å². The zero-order chi connectivity index (χ0) is 27.3. The summed E-state index contributed by atoms with van der Waals surface area (Å²) in [5.41, 5.74) is 7.83. The van der Waals surface area contributed by atoms with Crippen molar-refractivity contribution in [1.82, 2.24) is 15.3 Å². The Kier molecular flexibility index (Phi) is 14.2. The fourth-order valence-corrected chi connectivity index (χ4v) is 3.35. The number of allylic oxidation sites excluding steroid dienone is 1. The van der Waals surface area contributed by atoms with E-state index in [1.54, 1.807) is 37.5 Å². The summed E-state index contributed by atoms with van der Waals surface area (Å²) in [6.07, 6.45) is 4.34. The molecule has 1 aliphatic heterocycles. The van der Waals surface area contributed by atoms with Crippen LogP contribution in [0.5, 0.6) is 0 Å². The number of halogens is 1. The summed E-state index contributed by atoms with van der Waals surface area (Å²) in [6, 6.07) is 6.54. The van der Waals surface area contributed by atoms with E-state index in [-0.39, 0.29) is 29.6 Å². The summed E-state index contributed by atoms with van der Waals surface area (Å²) >= 11 is 0. The van der Waals surface area contributed by atoms with Crippen LogP contribution in [0, 0.1) is 11.2 Å². The van der Waals surface area contributed by atoms with Crippen molar-refractivity contribution in [2.24, 2.45) is 10.7 Å². The van der Waals surface area contributed by atoms with Gasteiger partial charge in [0.2, 0.25) is 5.95 Å². The fourth-order valence-electron chi connectivity index (χ4n) is 3.35. The van der Waals surface area contributed by atoms with Crippen molar-refractivity contribution in [3.63, 3.8) is 0 Å². The molecule has 0 aliphatic carbocycles. The first-order valence-corrected chi connectivity index (χ1v) is 11.8. The van der Waals surface area contributed by atoms with Crippen molar-refractivity contribution in [1.29, 1.82) is 5.41 Å². The summed E-state index contributed by atoms with van der Waals surface area (Å²) in [7, 11) is 3.75. The van der Waals surface area contributed by atoms with Crippen LogP contribution in [0.4, 0.5) is 16.2 Å². The van der Waals surface area contributed by atoms with Gasteiger partial charge in [0.1, 0.15) is 5.84 Å². The standard InChI is InChI=1S/C22H24FN6O2.C2H7N.C2H6.Fm/c1-13-10-29(11-14(2)31-13)22-26-9-19(23)21(28-22)27-20(25)8-18(15(3)24)17-6-4-16(12-30)5-7-17;1-3-2;1-2;/h4-9,13-14,24H,10-11H2,1-3H3,(H2,25,26,27,28);3H,1-2H3;1-2H3;/q-1;;;/b18-8+,24-15?;;;. The molecule has 0 amide bonds. The fraction of sp³-hybridized carbons (Fsp3) is 0.423. The average molecular weight is 756 g/mol. The third-order valence-electron chi connectivity index (χ3n) is 4.66. The summed E-state index contributed by atoms with van der Waals surface area (Å²) in [5.74, 6) is -0.546. The van der Waals surface area contributed by atoms with E-state index in [0.717, 1.165) is 6.20 Å². The monoisotopic (exact) mass is 755 g/mol. The summed E-state index contributed by atoms with van der Waals surface area (Å²) in [4.78, 5) is 25.1. The molecule has 1 aliphatic rings.